The second kappa shape index (κ2) is 3.59. The molecule has 2 aromatic rings. The number of likely N-dealkylation sites (N-methyl/N-ethyl adjacent to an activating group) is 1. The van der Waals surface area contributed by atoms with E-state index < -0.39 is 0 Å². The van der Waals surface area contributed by atoms with Crippen molar-refractivity contribution in [2.45, 2.75) is 24.4 Å². The van der Waals surface area contributed by atoms with Crippen LogP contribution in [0, 0.1) is 0 Å². The van der Waals surface area contributed by atoms with Crippen LogP contribution in [0.4, 0.5) is 0 Å². The zero-order valence-corrected chi connectivity index (χ0v) is 10.3. The van der Waals surface area contributed by atoms with Gasteiger partial charge in [-0.2, -0.15) is 0 Å². The Labute approximate surface area is 101 Å². The third-order valence-corrected chi connectivity index (χ3v) is 3.69. The number of nitrogens with zero attached hydrogens (tertiary/aromatic N) is 1. The standard InChI is InChI=1S/C14H18N2O/c1-16(2)13(14(15)7-8-14)11-9-17-12-6-4-3-5-10(11)12/h3-6,9,13H,7-8,15H2,1-2H3. The number of para-hydroxylation sites is 1. The van der Waals surface area contributed by atoms with E-state index in [0.29, 0.717) is 0 Å². The largest absolute Gasteiger partial charge is 0.464 e. The molecule has 1 aliphatic rings. The van der Waals surface area contributed by atoms with E-state index in [1.165, 1.54) is 10.9 Å². The van der Waals surface area contributed by atoms with Crippen LogP contribution in [0.3, 0.4) is 0 Å². The topological polar surface area (TPSA) is 42.4 Å². The fourth-order valence-corrected chi connectivity index (χ4v) is 2.73. The van der Waals surface area contributed by atoms with Crippen molar-refractivity contribution in [1.29, 1.82) is 0 Å². The van der Waals surface area contributed by atoms with E-state index in [2.05, 4.69) is 25.1 Å². The summed E-state index contributed by atoms with van der Waals surface area (Å²) in [7, 11) is 4.17. The normalized spacial score (nSPS) is 19.8. The zero-order valence-electron chi connectivity index (χ0n) is 10.3. The van der Waals surface area contributed by atoms with Crippen LogP contribution >= 0.6 is 0 Å². The van der Waals surface area contributed by atoms with Crippen molar-refractivity contribution in [3.63, 3.8) is 0 Å². The Morgan fingerprint density at radius 1 is 1.29 bits per heavy atom. The smallest absolute Gasteiger partial charge is 0.134 e. The van der Waals surface area contributed by atoms with E-state index >= 15 is 0 Å². The monoisotopic (exact) mass is 230 g/mol. The summed E-state index contributed by atoms with van der Waals surface area (Å²) >= 11 is 0. The lowest BCUT2D eigenvalue weighted by Crippen LogP contribution is -2.39. The molecule has 1 fully saturated rings. The lowest BCUT2D eigenvalue weighted by molar-refractivity contribution is 0.246. The molecule has 1 atom stereocenters. The minimum absolute atomic E-state index is 0.0733. The third-order valence-electron chi connectivity index (χ3n) is 3.69. The molecule has 3 rings (SSSR count). The van der Waals surface area contributed by atoms with E-state index in [1.54, 1.807) is 0 Å². The first-order valence-electron chi connectivity index (χ1n) is 6.03. The maximum absolute atomic E-state index is 6.39. The van der Waals surface area contributed by atoms with Crippen LogP contribution in [0.1, 0.15) is 24.4 Å². The molecule has 1 saturated carbocycles. The number of nitrogens with two attached hydrogens (primary N) is 1. The average molecular weight is 230 g/mol. The van der Waals surface area contributed by atoms with E-state index in [9.17, 15) is 0 Å². The van der Waals surface area contributed by atoms with Gasteiger partial charge in [0.05, 0.1) is 12.3 Å². The molecule has 0 bridgehead atoms. The summed E-state index contributed by atoms with van der Waals surface area (Å²) in [5.41, 5.74) is 8.47. The Kier molecular flexibility index (Phi) is 2.28. The van der Waals surface area contributed by atoms with Crippen molar-refractivity contribution in [2.24, 2.45) is 5.73 Å². The molecule has 3 heteroatoms. The number of rotatable bonds is 3. The molecule has 90 valence electrons. The number of fused-ring (bicyclic) bond motifs is 1. The second-order valence-corrected chi connectivity index (χ2v) is 5.29. The first kappa shape index (κ1) is 10.8. The van der Waals surface area contributed by atoms with Gasteiger partial charge in [-0.1, -0.05) is 18.2 Å². The van der Waals surface area contributed by atoms with Gasteiger partial charge in [-0.15, -0.1) is 0 Å². The van der Waals surface area contributed by atoms with Gasteiger partial charge in [-0.05, 0) is 33.0 Å². The molecule has 1 unspecified atom stereocenters. The molecule has 2 N–H and O–H groups in total. The van der Waals surface area contributed by atoms with E-state index in [0.717, 1.165) is 18.4 Å². The molecule has 0 spiro atoms. The van der Waals surface area contributed by atoms with E-state index in [-0.39, 0.29) is 11.6 Å². The molecular weight excluding hydrogens is 212 g/mol. The minimum atomic E-state index is -0.0733. The number of hydrogen-bond acceptors (Lipinski definition) is 3. The molecule has 0 radical (unpaired) electrons. The third kappa shape index (κ3) is 1.66. The molecule has 1 heterocycles. The Morgan fingerprint density at radius 2 is 2.00 bits per heavy atom. The lowest BCUT2D eigenvalue weighted by Gasteiger charge is -2.29. The number of furan rings is 1. The van der Waals surface area contributed by atoms with E-state index in [1.807, 2.05) is 24.5 Å². The molecule has 0 aliphatic heterocycles. The summed E-state index contributed by atoms with van der Waals surface area (Å²) in [6.07, 6.45) is 4.05. The number of benzene rings is 1. The highest BCUT2D eigenvalue weighted by molar-refractivity contribution is 5.81. The quantitative estimate of drug-likeness (QED) is 0.881. The van der Waals surface area contributed by atoms with Gasteiger partial charge >= 0.3 is 0 Å². The molecule has 1 aromatic carbocycles. The van der Waals surface area contributed by atoms with Crippen molar-refractivity contribution in [3.05, 3.63) is 36.1 Å². The van der Waals surface area contributed by atoms with Gasteiger partial charge in [0.25, 0.3) is 0 Å². The van der Waals surface area contributed by atoms with E-state index in [4.69, 9.17) is 10.2 Å². The summed E-state index contributed by atoms with van der Waals surface area (Å²) in [6.45, 7) is 0. The van der Waals surface area contributed by atoms with Crippen LogP contribution in [0.2, 0.25) is 0 Å². The van der Waals surface area contributed by atoms with Crippen LogP contribution in [0.5, 0.6) is 0 Å². The van der Waals surface area contributed by atoms with Crippen LogP contribution in [-0.2, 0) is 0 Å². The summed E-state index contributed by atoms with van der Waals surface area (Å²) in [5.74, 6) is 0. The maximum atomic E-state index is 6.39. The fourth-order valence-electron chi connectivity index (χ4n) is 2.73. The first-order chi connectivity index (χ1) is 8.12. The van der Waals surface area contributed by atoms with Gasteiger partial charge in [-0.25, -0.2) is 0 Å². The molecule has 1 aliphatic carbocycles. The zero-order chi connectivity index (χ0) is 12.0. The molecule has 0 saturated heterocycles. The highest BCUT2D eigenvalue weighted by atomic mass is 16.3. The molecular formula is C14H18N2O. The number of hydrogen-bond donors (Lipinski definition) is 1. The molecule has 0 amide bonds. The molecule has 3 nitrogen and oxygen atoms in total. The highest BCUT2D eigenvalue weighted by Gasteiger charge is 2.48. The predicted molar refractivity (Wildman–Crippen MR) is 68.8 cm³/mol. The molecule has 1 aromatic heterocycles. The van der Waals surface area contributed by atoms with Gasteiger partial charge in [0.15, 0.2) is 0 Å². The van der Waals surface area contributed by atoms with Gasteiger partial charge < -0.3 is 15.1 Å². The maximum Gasteiger partial charge on any atom is 0.134 e. The summed E-state index contributed by atoms with van der Waals surface area (Å²) in [6, 6.07) is 8.39. The Balaban J connectivity index is 2.12. The van der Waals surface area contributed by atoms with Crippen molar-refractivity contribution in [3.8, 4) is 0 Å². The van der Waals surface area contributed by atoms with Crippen molar-refractivity contribution < 1.29 is 4.42 Å². The first-order valence-corrected chi connectivity index (χ1v) is 6.03. The minimum Gasteiger partial charge on any atom is -0.464 e. The average Bonchev–Trinajstić information content (AvgIpc) is 2.89. The summed E-state index contributed by atoms with van der Waals surface area (Å²) in [4.78, 5) is 2.20. The Hall–Kier alpha value is -1.32. The lowest BCUT2D eigenvalue weighted by atomic mass is 9.96. The summed E-state index contributed by atoms with van der Waals surface area (Å²) in [5, 5.41) is 1.18. The highest BCUT2D eigenvalue weighted by Crippen LogP contribution is 2.47. The predicted octanol–water partition coefficient (Wildman–Crippen LogP) is 2.53. The van der Waals surface area contributed by atoms with Gasteiger partial charge in [-0.3, -0.25) is 0 Å². The Bertz CT molecular complexity index is 540. The van der Waals surface area contributed by atoms with Crippen molar-refractivity contribution >= 4 is 11.0 Å². The van der Waals surface area contributed by atoms with Gasteiger partial charge in [0, 0.05) is 16.5 Å². The Morgan fingerprint density at radius 3 is 2.65 bits per heavy atom. The summed E-state index contributed by atoms with van der Waals surface area (Å²) < 4.78 is 5.62. The van der Waals surface area contributed by atoms with Gasteiger partial charge in [0.1, 0.15) is 5.58 Å². The van der Waals surface area contributed by atoms with Crippen LogP contribution in [0.15, 0.2) is 34.9 Å². The van der Waals surface area contributed by atoms with Crippen LogP contribution < -0.4 is 5.73 Å². The van der Waals surface area contributed by atoms with Crippen LogP contribution in [-0.4, -0.2) is 24.5 Å². The van der Waals surface area contributed by atoms with Crippen LogP contribution in [0.25, 0.3) is 11.0 Å². The SMILES string of the molecule is CN(C)C(c1coc2ccccc12)C1(N)CC1. The second-order valence-electron chi connectivity index (χ2n) is 5.29. The molecule has 17 heavy (non-hydrogen) atoms. The van der Waals surface area contributed by atoms with Crippen molar-refractivity contribution in [2.75, 3.05) is 14.1 Å². The fraction of sp³-hybridized carbons (Fsp3) is 0.429. The van der Waals surface area contributed by atoms with Crippen molar-refractivity contribution in [1.82, 2.24) is 4.90 Å². The van der Waals surface area contributed by atoms with Gasteiger partial charge in [0.2, 0.25) is 0 Å².